The normalized spacial score (nSPS) is 11.2. The van der Waals surface area contributed by atoms with Crippen LogP contribution in [0.3, 0.4) is 0 Å². The third kappa shape index (κ3) is 2.35. The molecule has 0 saturated heterocycles. The monoisotopic (exact) mass is 283 g/mol. The van der Waals surface area contributed by atoms with Gasteiger partial charge in [-0.05, 0) is 23.6 Å². The van der Waals surface area contributed by atoms with Gasteiger partial charge in [-0.3, -0.25) is 4.79 Å². The molecule has 0 fully saturated rings. The van der Waals surface area contributed by atoms with Gasteiger partial charge in [0.1, 0.15) is 5.69 Å². The van der Waals surface area contributed by atoms with Crippen LogP contribution in [-0.4, -0.2) is 16.7 Å². The van der Waals surface area contributed by atoms with Gasteiger partial charge in [-0.15, -0.1) is 11.3 Å². The van der Waals surface area contributed by atoms with Crippen molar-refractivity contribution in [2.75, 3.05) is 0 Å². The molecule has 4 nitrogen and oxygen atoms in total. The average molecular weight is 283 g/mol. The molecule has 0 aliphatic rings. The van der Waals surface area contributed by atoms with Gasteiger partial charge in [-0.25, -0.2) is 5.43 Å². The number of thiophene rings is 1. The Balaban J connectivity index is 1.80. The summed E-state index contributed by atoms with van der Waals surface area (Å²) in [4.78, 5) is 13.1. The van der Waals surface area contributed by atoms with Gasteiger partial charge in [-0.1, -0.05) is 24.3 Å². The van der Waals surface area contributed by atoms with Crippen molar-refractivity contribution in [2.24, 2.45) is 12.1 Å². The Morgan fingerprint density at radius 1 is 1.30 bits per heavy atom. The number of aryl methyl sites for hydroxylation is 1. The quantitative estimate of drug-likeness (QED) is 0.583. The molecule has 3 aromatic rings. The minimum atomic E-state index is -0.212. The van der Waals surface area contributed by atoms with Crippen LogP contribution in [0.15, 0.2) is 52.9 Å². The number of amides is 1. The molecular weight excluding hydrogens is 270 g/mol. The number of nitrogens with one attached hydrogen (secondary N) is 1. The zero-order chi connectivity index (χ0) is 13.9. The number of hydrogen-bond acceptors (Lipinski definition) is 3. The predicted octanol–water partition coefficient (Wildman–Crippen LogP) is 3.00. The summed E-state index contributed by atoms with van der Waals surface area (Å²) >= 11 is 1.57. The first-order chi connectivity index (χ1) is 9.75. The molecule has 0 unspecified atom stereocenters. The zero-order valence-electron chi connectivity index (χ0n) is 10.9. The van der Waals surface area contributed by atoms with Crippen molar-refractivity contribution in [2.45, 2.75) is 0 Å². The Labute approximate surface area is 120 Å². The van der Waals surface area contributed by atoms with Crippen LogP contribution < -0.4 is 5.43 Å². The van der Waals surface area contributed by atoms with Crippen LogP contribution >= 0.6 is 11.3 Å². The smallest absolute Gasteiger partial charge is 0.287 e. The van der Waals surface area contributed by atoms with Crippen molar-refractivity contribution < 1.29 is 4.79 Å². The van der Waals surface area contributed by atoms with Crippen LogP contribution in [0.25, 0.3) is 10.9 Å². The predicted molar refractivity (Wildman–Crippen MR) is 82.3 cm³/mol. The van der Waals surface area contributed by atoms with Crippen LogP contribution in [0.5, 0.6) is 0 Å². The largest absolute Gasteiger partial charge is 0.340 e. The molecule has 0 aliphatic heterocycles. The van der Waals surface area contributed by atoms with Crippen LogP contribution in [0.1, 0.15) is 15.4 Å². The second-order valence-corrected chi connectivity index (χ2v) is 5.34. The highest BCUT2D eigenvalue weighted by molar-refractivity contribution is 7.11. The molecule has 2 heterocycles. The Bertz CT molecular complexity index is 772. The van der Waals surface area contributed by atoms with E-state index in [9.17, 15) is 4.79 Å². The first kappa shape index (κ1) is 12.6. The highest BCUT2D eigenvalue weighted by atomic mass is 32.1. The van der Waals surface area contributed by atoms with E-state index in [1.54, 1.807) is 17.6 Å². The summed E-state index contributed by atoms with van der Waals surface area (Å²) in [7, 11) is 1.88. The number of carbonyl (C=O) groups is 1. The lowest BCUT2D eigenvalue weighted by Gasteiger charge is -2.02. The third-order valence-corrected chi connectivity index (χ3v) is 3.89. The van der Waals surface area contributed by atoms with E-state index in [1.165, 1.54) is 0 Å². The van der Waals surface area contributed by atoms with Crippen LogP contribution in [0.4, 0.5) is 0 Å². The van der Waals surface area contributed by atoms with Crippen LogP contribution in [0, 0.1) is 0 Å². The fourth-order valence-electron chi connectivity index (χ4n) is 2.08. The van der Waals surface area contributed by atoms with Gasteiger partial charge in [0.2, 0.25) is 0 Å². The maximum absolute atomic E-state index is 12.1. The molecule has 100 valence electrons. The maximum atomic E-state index is 12.1. The van der Waals surface area contributed by atoms with Gasteiger partial charge in [0, 0.05) is 22.8 Å². The highest BCUT2D eigenvalue weighted by Gasteiger charge is 2.11. The summed E-state index contributed by atoms with van der Waals surface area (Å²) in [5.41, 5.74) is 4.18. The molecule has 0 radical (unpaired) electrons. The van der Waals surface area contributed by atoms with Gasteiger partial charge in [0.25, 0.3) is 5.91 Å². The molecule has 1 amide bonds. The molecule has 1 N–H and O–H groups in total. The van der Waals surface area contributed by atoms with Crippen LogP contribution in [0.2, 0.25) is 0 Å². The molecule has 0 atom stereocenters. The number of hydrazone groups is 1. The Hall–Kier alpha value is -2.40. The van der Waals surface area contributed by atoms with E-state index in [-0.39, 0.29) is 5.91 Å². The fraction of sp³-hybridized carbons (Fsp3) is 0.0667. The molecule has 0 bridgehead atoms. The van der Waals surface area contributed by atoms with Crippen LogP contribution in [-0.2, 0) is 7.05 Å². The Kier molecular flexibility index (Phi) is 3.35. The molecule has 20 heavy (non-hydrogen) atoms. The van der Waals surface area contributed by atoms with Crippen molar-refractivity contribution in [3.8, 4) is 0 Å². The topological polar surface area (TPSA) is 46.4 Å². The van der Waals surface area contributed by atoms with E-state index in [4.69, 9.17) is 0 Å². The highest BCUT2D eigenvalue weighted by Crippen LogP contribution is 2.18. The van der Waals surface area contributed by atoms with Gasteiger partial charge >= 0.3 is 0 Å². The number of hydrogen-bond donors (Lipinski definition) is 1. The number of carbonyl (C=O) groups excluding carboxylic acids is 1. The van der Waals surface area contributed by atoms with E-state index in [0.29, 0.717) is 5.69 Å². The first-order valence-corrected chi connectivity index (χ1v) is 7.05. The van der Waals surface area contributed by atoms with Gasteiger partial charge < -0.3 is 4.57 Å². The van der Waals surface area contributed by atoms with E-state index in [1.807, 2.05) is 59.5 Å². The number of aromatic nitrogens is 1. The molecule has 2 aromatic heterocycles. The molecule has 1 aromatic carbocycles. The minimum absolute atomic E-state index is 0.212. The number of benzene rings is 1. The average Bonchev–Trinajstić information content (AvgIpc) is 3.08. The van der Waals surface area contributed by atoms with Crippen molar-refractivity contribution in [3.63, 3.8) is 0 Å². The van der Waals surface area contributed by atoms with E-state index in [2.05, 4.69) is 10.5 Å². The standard InChI is InChI=1S/C15H13N3OS/c1-18-13-7-3-2-5-11(13)9-14(18)15(19)17-16-10-12-6-4-8-20-12/h2-10H,1H3,(H,17,19)/b16-10+. The summed E-state index contributed by atoms with van der Waals surface area (Å²) in [5.74, 6) is -0.212. The minimum Gasteiger partial charge on any atom is -0.340 e. The molecule has 0 spiro atoms. The molecular formula is C15H13N3OS. The maximum Gasteiger partial charge on any atom is 0.287 e. The molecule has 3 rings (SSSR count). The number of para-hydroxylation sites is 1. The summed E-state index contributed by atoms with van der Waals surface area (Å²) in [6.07, 6.45) is 1.64. The lowest BCUT2D eigenvalue weighted by molar-refractivity contribution is 0.0947. The van der Waals surface area contributed by atoms with Crippen molar-refractivity contribution in [3.05, 3.63) is 58.4 Å². The first-order valence-electron chi connectivity index (χ1n) is 6.17. The molecule has 0 saturated carbocycles. The zero-order valence-corrected chi connectivity index (χ0v) is 11.7. The number of fused-ring (bicyclic) bond motifs is 1. The second kappa shape index (κ2) is 5.30. The van der Waals surface area contributed by atoms with Gasteiger partial charge in [0.15, 0.2) is 0 Å². The van der Waals surface area contributed by atoms with E-state index >= 15 is 0 Å². The SMILES string of the molecule is Cn1c(C(=O)N/N=C/c2cccs2)cc2ccccc21. The lowest BCUT2D eigenvalue weighted by atomic mass is 10.2. The molecule has 0 aliphatic carbocycles. The lowest BCUT2D eigenvalue weighted by Crippen LogP contribution is -2.20. The van der Waals surface area contributed by atoms with Gasteiger partial charge in [0.05, 0.1) is 6.21 Å². The fourth-order valence-corrected chi connectivity index (χ4v) is 2.67. The number of nitrogens with zero attached hydrogens (tertiary/aromatic N) is 2. The second-order valence-electron chi connectivity index (χ2n) is 4.36. The van der Waals surface area contributed by atoms with Gasteiger partial charge in [-0.2, -0.15) is 5.10 Å². The summed E-state index contributed by atoms with van der Waals surface area (Å²) in [5, 5.41) is 6.98. The van der Waals surface area contributed by atoms with E-state index < -0.39 is 0 Å². The summed E-state index contributed by atoms with van der Waals surface area (Å²) in [6, 6.07) is 13.6. The summed E-state index contributed by atoms with van der Waals surface area (Å²) < 4.78 is 1.87. The number of rotatable bonds is 3. The van der Waals surface area contributed by atoms with E-state index in [0.717, 1.165) is 15.8 Å². The Morgan fingerprint density at radius 3 is 2.90 bits per heavy atom. The third-order valence-electron chi connectivity index (χ3n) is 3.09. The molecule has 5 heteroatoms. The Morgan fingerprint density at radius 2 is 2.15 bits per heavy atom. The van der Waals surface area contributed by atoms with Crippen molar-refractivity contribution >= 4 is 34.4 Å². The van der Waals surface area contributed by atoms with Crippen molar-refractivity contribution in [1.29, 1.82) is 0 Å². The van der Waals surface area contributed by atoms with Crippen molar-refractivity contribution in [1.82, 2.24) is 9.99 Å². The summed E-state index contributed by atoms with van der Waals surface area (Å²) in [6.45, 7) is 0.